The number of alkyl halides is 3. The molecule has 11 heteroatoms. The Labute approximate surface area is 180 Å². The average molecular weight is 439 g/mol. The average Bonchev–Trinajstić information content (AvgIpc) is 2.79. The number of carbonyl (C=O) groups excluding carboxylic acids is 1. The van der Waals surface area contributed by atoms with E-state index in [1.165, 1.54) is 0 Å². The van der Waals surface area contributed by atoms with Crippen molar-refractivity contribution in [1.82, 2.24) is 25.1 Å². The van der Waals surface area contributed by atoms with Gasteiger partial charge in [-0.1, -0.05) is 0 Å². The summed E-state index contributed by atoms with van der Waals surface area (Å²) in [7, 11) is 1.76. The molecule has 0 aliphatic carbocycles. The second-order valence-corrected chi connectivity index (χ2v) is 6.85. The molecule has 0 fully saturated rings. The standard InChI is InChI=1S/C21H16F3N7O/c1-11-15(12-5-13-10-28-18(25-2)8-16(13)27-9-12)7-19(31-30-11)29-20(32)17-6-14(3-4-26-17)21(22,23)24/h3-10H,1-2H3,(H,25,28)(H,29,31,32). The van der Waals surface area contributed by atoms with E-state index in [0.29, 0.717) is 23.1 Å². The van der Waals surface area contributed by atoms with Gasteiger partial charge in [-0.25, -0.2) is 4.98 Å². The van der Waals surface area contributed by atoms with Gasteiger partial charge in [0, 0.05) is 48.2 Å². The van der Waals surface area contributed by atoms with Crippen LogP contribution in [0.5, 0.6) is 0 Å². The van der Waals surface area contributed by atoms with E-state index in [4.69, 9.17) is 0 Å². The van der Waals surface area contributed by atoms with E-state index in [2.05, 4.69) is 35.8 Å². The van der Waals surface area contributed by atoms with Crippen LogP contribution in [0.2, 0.25) is 0 Å². The molecule has 4 heterocycles. The summed E-state index contributed by atoms with van der Waals surface area (Å²) >= 11 is 0. The lowest BCUT2D eigenvalue weighted by Crippen LogP contribution is -2.17. The molecule has 0 radical (unpaired) electrons. The minimum Gasteiger partial charge on any atom is -0.373 e. The Morgan fingerprint density at radius 2 is 1.78 bits per heavy atom. The number of nitrogens with one attached hydrogen (secondary N) is 2. The smallest absolute Gasteiger partial charge is 0.373 e. The number of carbonyl (C=O) groups is 1. The van der Waals surface area contributed by atoms with Gasteiger partial charge in [0.25, 0.3) is 5.91 Å². The van der Waals surface area contributed by atoms with Crippen LogP contribution in [-0.2, 0) is 6.18 Å². The highest BCUT2D eigenvalue weighted by atomic mass is 19.4. The molecule has 4 aromatic rings. The van der Waals surface area contributed by atoms with Gasteiger partial charge in [0.15, 0.2) is 5.82 Å². The number of amides is 1. The first-order valence-corrected chi connectivity index (χ1v) is 9.37. The largest absolute Gasteiger partial charge is 0.416 e. The number of hydrogen-bond donors (Lipinski definition) is 2. The lowest BCUT2D eigenvalue weighted by molar-refractivity contribution is -0.137. The minimum absolute atomic E-state index is 0.0681. The van der Waals surface area contributed by atoms with Crippen LogP contribution in [-0.4, -0.2) is 38.1 Å². The van der Waals surface area contributed by atoms with Crippen molar-refractivity contribution < 1.29 is 18.0 Å². The highest BCUT2D eigenvalue weighted by Gasteiger charge is 2.31. The maximum atomic E-state index is 12.9. The fourth-order valence-electron chi connectivity index (χ4n) is 3.02. The van der Waals surface area contributed by atoms with Gasteiger partial charge < -0.3 is 10.6 Å². The van der Waals surface area contributed by atoms with Crippen molar-refractivity contribution in [3.63, 3.8) is 0 Å². The molecule has 0 saturated carbocycles. The van der Waals surface area contributed by atoms with Crippen LogP contribution in [0.15, 0.2) is 48.9 Å². The number of aryl methyl sites for hydroxylation is 1. The van der Waals surface area contributed by atoms with Crippen molar-refractivity contribution in [2.75, 3.05) is 17.7 Å². The van der Waals surface area contributed by atoms with Gasteiger partial charge in [0.05, 0.1) is 16.8 Å². The minimum atomic E-state index is -4.58. The van der Waals surface area contributed by atoms with Crippen molar-refractivity contribution in [1.29, 1.82) is 0 Å². The molecule has 0 bridgehead atoms. The van der Waals surface area contributed by atoms with Gasteiger partial charge in [0.1, 0.15) is 11.5 Å². The first-order chi connectivity index (χ1) is 15.2. The van der Waals surface area contributed by atoms with E-state index in [1.807, 2.05) is 12.1 Å². The van der Waals surface area contributed by atoms with Gasteiger partial charge in [-0.2, -0.15) is 18.3 Å². The monoisotopic (exact) mass is 439 g/mol. The molecule has 4 aromatic heterocycles. The molecule has 0 aliphatic rings. The topological polar surface area (TPSA) is 106 Å². The van der Waals surface area contributed by atoms with Crippen molar-refractivity contribution in [3.05, 3.63) is 65.9 Å². The van der Waals surface area contributed by atoms with Crippen molar-refractivity contribution >= 4 is 28.4 Å². The molecule has 1 amide bonds. The van der Waals surface area contributed by atoms with E-state index < -0.39 is 17.6 Å². The summed E-state index contributed by atoms with van der Waals surface area (Å²) in [6, 6.07) is 6.73. The van der Waals surface area contributed by atoms with E-state index >= 15 is 0 Å². The molecule has 0 aliphatic heterocycles. The molecule has 4 rings (SSSR count). The van der Waals surface area contributed by atoms with E-state index in [0.717, 1.165) is 28.7 Å². The van der Waals surface area contributed by atoms with Gasteiger partial charge in [-0.15, -0.1) is 5.10 Å². The third kappa shape index (κ3) is 4.31. The normalized spacial score (nSPS) is 11.4. The van der Waals surface area contributed by atoms with Gasteiger partial charge in [0.2, 0.25) is 0 Å². The van der Waals surface area contributed by atoms with E-state index in [1.54, 1.807) is 32.4 Å². The zero-order valence-corrected chi connectivity index (χ0v) is 16.9. The number of halogens is 3. The second kappa shape index (κ2) is 8.17. The van der Waals surface area contributed by atoms with Crippen molar-refractivity contribution in [2.24, 2.45) is 0 Å². The Kier molecular flexibility index (Phi) is 5.39. The van der Waals surface area contributed by atoms with Crippen LogP contribution in [0.25, 0.3) is 22.0 Å². The van der Waals surface area contributed by atoms with Crippen LogP contribution >= 0.6 is 0 Å². The molecular formula is C21H16F3N7O. The maximum Gasteiger partial charge on any atom is 0.416 e. The quantitative estimate of drug-likeness (QED) is 0.493. The predicted octanol–water partition coefficient (Wildman–Crippen LogP) is 4.10. The Bertz CT molecular complexity index is 1320. The summed E-state index contributed by atoms with van der Waals surface area (Å²) in [6.45, 7) is 1.74. The third-order valence-electron chi connectivity index (χ3n) is 4.67. The number of hydrogen-bond acceptors (Lipinski definition) is 7. The Morgan fingerprint density at radius 3 is 2.53 bits per heavy atom. The van der Waals surface area contributed by atoms with Crippen LogP contribution in [0, 0.1) is 6.92 Å². The molecule has 2 N–H and O–H groups in total. The van der Waals surface area contributed by atoms with Crippen LogP contribution in [0.4, 0.5) is 24.8 Å². The highest BCUT2D eigenvalue weighted by molar-refractivity contribution is 6.02. The molecule has 0 atom stereocenters. The highest BCUT2D eigenvalue weighted by Crippen LogP contribution is 2.29. The Balaban J connectivity index is 1.63. The number of rotatable bonds is 4. The molecule has 162 valence electrons. The summed E-state index contributed by atoms with van der Waals surface area (Å²) in [5.41, 5.74) is 1.35. The molecule has 8 nitrogen and oxygen atoms in total. The fourth-order valence-corrected chi connectivity index (χ4v) is 3.02. The first-order valence-electron chi connectivity index (χ1n) is 9.37. The van der Waals surface area contributed by atoms with Gasteiger partial charge >= 0.3 is 6.18 Å². The second-order valence-electron chi connectivity index (χ2n) is 6.85. The zero-order chi connectivity index (χ0) is 22.9. The molecule has 0 spiro atoms. The maximum absolute atomic E-state index is 12.9. The molecule has 0 unspecified atom stereocenters. The molecule has 32 heavy (non-hydrogen) atoms. The number of aromatic nitrogens is 5. The number of pyridine rings is 3. The summed E-state index contributed by atoms with van der Waals surface area (Å²) in [4.78, 5) is 24.9. The van der Waals surface area contributed by atoms with Crippen molar-refractivity contribution in [2.45, 2.75) is 13.1 Å². The van der Waals surface area contributed by atoms with Crippen LogP contribution in [0.1, 0.15) is 21.7 Å². The summed E-state index contributed by atoms with van der Waals surface area (Å²) in [5.74, 6) is -0.0769. The lowest BCUT2D eigenvalue weighted by Gasteiger charge is -2.10. The fraction of sp³-hybridized carbons (Fsp3) is 0.143. The molecule has 0 aromatic carbocycles. The predicted molar refractivity (Wildman–Crippen MR) is 112 cm³/mol. The first kappa shape index (κ1) is 21.1. The number of anilines is 2. The molecular weight excluding hydrogens is 423 g/mol. The van der Waals surface area contributed by atoms with E-state index in [9.17, 15) is 18.0 Å². The van der Waals surface area contributed by atoms with E-state index in [-0.39, 0.29) is 11.5 Å². The number of nitrogens with zero attached hydrogens (tertiary/aromatic N) is 5. The SMILES string of the molecule is CNc1cc2ncc(-c3cc(NC(=O)c4cc(C(F)(F)F)ccn4)nnc3C)cc2cn1. The summed E-state index contributed by atoms with van der Waals surface area (Å²) in [5, 5.41) is 14.2. The molecule has 0 saturated heterocycles. The Morgan fingerprint density at radius 1 is 0.969 bits per heavy atom. The summed E-state index contributed by atoms with van der Waals surface area (Å²) < 4.78 is 38.7. The van der Waals surface area contributed by atoms with Crippen LogP contribution in [0.3, 0.4) is 0 Å². The zero-order valence-electron chi connectivity index (χ0n) is 16.9. The van der Waals surface area contributed by atoms with Gasteiger partial charge in [-0.05, 0) is 31.2 Å². The lowest BCUT2D eigenvalue weighted by atomic mass is 10.1. The van der Waals surface area contributed by atoms with Gasteiger partial charge in [-0.3, -0.25) is 14.8 Å². The van der Waals surface area contributed by atoms with Crippen LogP contribution < -0.4 is 10.6 Å². The third-order valence-corrected chi connectivity index (χ3v) is 4.67. The summed E-state index contributed by atoms with van der Waals surface area (Å²) in [6.07, 6.45) is -0.311. The Hall–Kier alpha value is -4.15. The van der Waals surface area contributed by atoms with Crippen molar-refractivity contribution in [3.8, 4) is 11.1 Å². The number of fused-ring (bicyclic) bond motifs is 1.